The highest BCUT2D eigenvalue weighted by Gasteiger charge is 2.17. The number of hydrogen-bond acceptors (Lipinski definition) is 5. The normalized spacial score (nSPS) is 12.4. The van der Waals surface area contributed by atoms with Crippen LogP contribution in [0, 0.1) is 6.92 Å². The topological polar surface area (TPSA) is 59.4 Å². The molecule has 6 nitrogen and oxygen atoms in total. The summed E-state index contributed by atoms with van der Waals surface area (Å²) >= 11 is 14.4. The second-order valence-corrected chi connectivity index (χ2v) is 10.5. The van der Waals surface area contributed by atoms with Crippen molar-refractivity contribution in [1.29, 1.82) is 0 Å². The number of rotatable bonds is 8. The summed E-state index contributed by atoms with van der Waals surface area (Å²) in [5.74, 6) is -0.467. The Morgan fingerprint density at radius 3 is 2.62 bits per heavy atom. The monoisotopic (exact) mass is 502 g/mol. The number of nitrogens with one attached hydrogen (secondary N) is 1. The summed E-state index contributed by atoms with van der Waals surface area (Å²) in [5, 5.41) is 7.88. The number of halogens is 3. The molecule has 0 aliphatic rings. The summed E-state index contributed by atoms with van der Waals surface area (Å²) in [5.41, 5.74) is 1.91. The van der Waals surface area contributed by atoms with E-state index in [0.717, 1.165) is 21.7 Å². The molecule has 0 aliphatic carbocycles. The number of hydrogen-bond donors (Lipinski definition) is 1. The van der Waals surface area contributed by atoms with E-state index in [4.69, 9.17) is 27.9 Å². The maximum atomic E-state index is 14.4. The van der Waals surface area contributed by atoms with Crippen LogP contribution in [0.15, 0.2) is 35.0 Å². The fraction of sp³-hybridized carbons (Fsp3) is 0.455. The Balaban J connectivity index is 2.03. The number of benzene rings is 1. The van der Waals surface area contributed by atoms with E-state index in [0.29, 0.717) is 16.6 Å². The van der Waals surface area contributed by atoms with Crippen LogP contribution in [0.5, 0.6) is 0 Å². The molecule has 1 aromatic carbocycles. The number of allylic oxidation sites excluding steroid dienone is 1. The second-order valence-electron chi connectivity index (χ2n) is 8.39. The van der Waals surface area contributed by atoms with Gasteiger partial charge in [0.1, 0.15) is 16.6 Å². The molecular formula is C22H29Cl2FN4O2S. The number of ether oxygens (including phenoxy) is 1. The van der Waals surface area contributed by atoms with E-state index in [-0.39, 0.29) is 13.1 Å². The van der Waals surface area contributed by atoms with Gasteiger partial charge in [0.05, 0.1) is 17.3 Å². The van der Waals surface area contributed by atoms with Crippen LogP contribution in [0.1, 0.15) is 37.6 Å². The van der Waals surface area contributed by atoms with Crippen LogP contribution in [0.3, 0.4) is 0 Å². The highest BCUT2D eigenvalue weighted by molar-refractivity contribution is 7.97. The summed E-state index contributed by atoms with van der Waals surface area (Å²) in [4.78, 5) is 12.6. The summed E-state index contributed by atoms with van der Waals surface area (Å²) < 4.78 is 22.8. The first kappa shape index (κ1) is 26.5. The molecule has 0 atom stereocenters. The van der Waals surface area contributed by atoms with E-state index in [1.807, 2.05) is 43.5 Å². The number of carbonyl (C=O) groups excluding carboxylic acids is 1. The first-order valence-corrected chi connectivity index (χ1v) is 11.6. The van der Waals surface area contributed by atoms with Crippen LogP contribution in [0.4, 0.5) is 9.18 Å². The largest absolute Gasteiger partial charge is 0.444 e. The zero-order valence-electron chi connectivity index (χ0n) is 19.1. The summed E-state index contributed by atoms with van der Waals surface area (Å²) in [6.45, 7) is 6.98. The summed E-state index contributed by atoms with van der Waals surface area (Å²) in [6.07, 6.45) is 1.19. The van der Waals surface area contributed by atoms with Crippen molar-refractivity contribution in [3.63, 3.8) is 0 Å². The Morgan fingerprint density at radius 1 is 1.34 bits per heavy atom. The standard InChI is InChI=1S/C22H29Cl2FN4O2S/c1-14-17(11-15-7-8-19(18(23)12-15)32-28(5)6)20(24)29(27-14)13-16(25)9-10-26-21(30)31-22(2,3)4/h7-9,12H,10-11,13H2,1-6H3,(H,26,30)/b16-9-. The summed E-state index contributed by atoms with van der Waals surface area (Å²) in [7, 11) is 3.90. The van der Waals surface area contributed by atoms with Gasteiger partial charge >= 0.3 is 6.09 Å². The molecule has 1 amide bonds. The van der Waals surface area contributed by atoms with Gasteiger partial charge in [-0.3, -0.25) is 4.31 Å². The first-order valence-electron chi connectivity index (χ1n) is 10.0. The fourth-order valence-electron chi connectivity index (χ4n) is 2.79. The van der Waals surface area contributed by atoms with Gasteiger partial charge in [0.15, 0.2) is 0 Å². The zero-order valence-corrected chi connectivity index (χ0v) is 21.5. The van der Waals surface area contributed by atoms with E-state index in [2.05, 4.69) is 10.4 Å². The average molecular weight is 503 g/mol. The summed E-state index contributed by atoms with van der Waals surface area (Å²) in [6, 6.07) is 5.87. The Kier molecular flexibility index (Phi) is 9.45. The molecule has 0 fully saturated rings. The van der Waals surface area contributed by atoms with E-state index >= 15 is 0 Å². The minimum absolute atomic E-state index is 0.00127. The lowest BCUT2D eigenvalue weighted by Gasteiger charge is -2.19. The van der Waals surface area contributed by atoms with Gasteiger partial charge in [-0.2, -0.15) is 5.10 Å². The van der Waals surface area contributed by atoms with E-state index in [9.17, 15) is 9.18 Å². The molecule has 2 rings (SSSR count). The van der Waals surface area contributed by atoms with Crippen LogP contribution in [-0.4, -0.2) is 46.4 Å². The van der Waals surface area contributed by atoms with Gasteiger partial charge in [-0.15, -0.1) is 0 Å². The van der Waals surface area contributed by atoms with Gasteiger partial charge in [0.2, 0.25) is 0 Å². The third-order valence-corrected chi connectivity index (χ3v) is 5.88. The van der Waals surface area contributed by atoms with Crippen LogP contribution in [-0.2, 0) is 17.7 Å². The molecule has 10 heteroatoms. The van der Waals surface area contributed by atoms with Crippen LogP contribution >= 0.6 is 35.1 Å². The van der Waals surface area contributed by atoms with Crippen molar-refractivity contribution in [3.05, 3.63) is 57.1 Å². The molecule has 0 saturated carbocycles. The van der Waals surface area contributed by atoms with Gasteiger partial charge in [0, 0.05) is 23.4 Å². The molecule has 1 heterocycles. The molecule has 0 aliphatic heterocycles. The van der Waals surface area contributed by atoms with Crippen molar-refractivity contribution in [2.24, 2.45) is 0 Å². The Bertz CT molecular complexity index is 987. The molecule has 1 aromatic heterocycles. The molecule has 0 radical (unpaired) electrons. The van der Waals surface area contributed by atoms with E-state index < -0.39 is 17.5 Å². The van der Waals surface area contributed by atoms with Crippen LogP contribution < -0.4 is 5.32 Å². The molecular weight excluding hydrogens is 474 g/mol. The smallest absolute Gasteiger partial charge is 0.407 e. The fourth-order valence-corrected chi connectivity index (χ4v) is 4.07. The maximum Gasteiger partial charge on any atom is 0.407 e. The molecule has 0 saturated heterocycles. The SMILES string of the molecule is Cc1nn(C/C(F)=C/CNC(=O)OC(C)(C)C)c(Cl)c1Cc1ccc(SN(C)C)c(Cl)c1. The molecule has 0 unspecified atom stereocenters. The predicted octanol–water partition coefficient (Wildman–Crippen LogP) is 6.04. The van der Waals surface area contributed by atoms with Gasteiger partial charge < -0.3 is 10.1 Å². The lowest BCUT2D eigenvalue weighted by Crippen LogP contribution is -2.32. The number of aromatic nitrogens is 2. The van der Waals surface area contributed by atoms with Gasteiger partial charge in [0.25, 0.3) is 0 Å². The Morgan fingerprint density at radius 2 is 2.03 bits per heavy atom. The number of nitrogens with zero attached hydrogens (tertiary/aromatic N) is 3. The van der Waals surface area contributed by atoms with Crippen molar-refractivity contribution in [2.45, 2.75) is 51.2 Å². The minimum atomic E-state index is -0.613. The van der Waals surface area contributed by atoms with Crippen molar-refractivity contribution in [1.82, 2.24) is 19.4 Å². The highest BCUT2D eigenvalue weighted by atomic mass is 35.5. The van der Waals surface area contributed by atoms with Crippen molar-refractivity contribution < 1.29 is 13.9 Å². The van der Waals surface area contributed by atoms with Gasteiger partial charge in [-0.05, 0) is 77.5 Å². The van der Waals surface area contributed by atoms with Crippen LogP contribution in [0.2, 0.25) is 10.2 Å². The minimum Gasteiger partial charge on any atom is -0.444 e. The molecule has 32 heavy (non-hydrogen) atoms. The lowest BCUT2D eigenvalue weighted by atomic mass is 10.1. The first-order chi connectivity index (χ1) is 14.9. The Hall–Kier alpha value is -1.74. The lowest BCUT2D eigenvalue weighted by molar-refractivity contribution is 0.0534. The predicted molar refractivity (Wildman–Crippen MR) is 129 cm³/mol. The van der Waals surface area contributed by atoms with Gasteiger partial charge in [-0.1, -0.05) is 29.3 Å². The zero-order chi connectivity index (χ0) is 24.1. The molecule has 2 aromatic rings. The number of carbonyl (C=O) groups is 1. The van der Waals surface area contributed by atoms with Gasteiger partial charge in [-0.25, -0.2) is 13.9 Å². The number of aryl methyl sites for hydroxylation is 1. The molecule has 0 bridgehead atoms. The maximum absolute atomic E-state index is 14.4. The third-order valence-electron chi connectivity index (χ3n) is 4.11. The highest BCUT2D eigenvalue weighted by Crippen LogP contribution is 2.31. The van der Waals surface area contributed by atoms with Crippen molar-refractivity contribution in [3.8, 4) is 0 Å². The van der Waals surface area contributed by atoms with Crippen LogP contribution in [0.25, 0.3) is 0 Å². The number of alkyl carbamates (subject to hydrolysis) is 1. The third kappa shape index (κ3) is 8.31. The quantitative estimate of drug-likeness (QED) is 0.446. The molecule has 0 spiro atoms. The second kappa shape index (κ2) is 11.4. The van der Waals surface area contributed by atoms with Crippen molar-refractivity contribution >= 4 is 41.2 Å². The van der Waals surface area contributed by atoms with Crippen molar-refractivity contribution in [2.75, 3.05) is 20.6 Å². The van der Waals surface area contributed by atoms with E-state index in [1.54, 1.807) is 32.7 Å². The average Bonchev–Trinajstić information content (AvgIpc) is 2.89. The molecule has 1 N–H and O–H groups in total. The Labute approximate surface area is 203 Å². The number of amides is 1. The van der Waals surface area contributed by atoms with E-state index in [1.165, 1.54) is 10.8 Å². The molecule has 176 valence electrons.